The third kappa shape index (κ3) is 5.93. The summed E-state index contributed by atoms with van der Waals surface area (Å²) in [6.45, 7) is 4.98. The molecule has 1 spiro atoms. The Morgan fingerprint density at radius 3 is 2.55 bits per heavy atom. The molecule has 202 valence electrons. The number of ether oxygens (including phenoxy) is 1. The van der Waals surface area contributed by atoms with Crippen molar-refractivity contribution in [3.63, 3.8) is 0 Å². The molecule has 1 atom stereocenters. The number of alkyl halides is 3. The largest absolute Gasteiger partial charge is 0.490 e. The number of carboxylic acids is 1. The van der Waals surface area contributed by atoms with E-state index >= 15 is 0 Å². The van der Waals surface area contributed by atoms with Gasteiger partial charge in [-0.2, -0.15) is 13.2 Å². The highest BCUT2D eigenvalue weighted by Crippen LogP contribution is 2.39. The van der Waals surface area contributed by atoms with Crippen molar-refractivity contribution in [3.05, 3.63) is 71.1 Å². The molecule has 5 rings (SSSR count). The Balaban J connectivity index is 0.000000426. The lowest BCUT2D eigenvalue weighted by Crippen LogP contribution is -2.41. The van der Waals surface area contributed by atoms with Crippen molar-refractivity contribution >= 4 is 17.8 Å². The second-order valence-electron chi connectivity index (χ2n) is 9.34. The number of rotatable bonds is 4. The Labute approximate surface area is 216 Å². The number of amides is 1. The lowest BCUT2D eigenvalue weighted by Gasteiger charge is -2.34. The summed E-state index contributed by atoms with van der Waals surface area (Å²) in [5.74, 6) is -2.11. The summed E-state index contributed by atoms with van der Waals surface area (Å²) >= 11 is 0. The number of nitrogens with zero attached hydrogens (tertiary/aromatic N) is 5. The molecule has 1 unspecified atom stereocenters. The fourth-order valence-electron chi connectivity index (χ4n) is 4.44. The first-order valence-electron chi connectivity index (χ1n) is 11.8. The second-order valence-corrected chi connectivity index (χ2v) is 9.34. The lowest BCUT2D eigenvalue weighted by molar-refractivity contribution is -0.192. The maximum Gasteiger partial charge on any atom is 0.490 e. The van der Waals surface area contributed by atoms with Crippen LogP contribution in [-0.2, 0) is 35.1 Å². The zero-order valence-electron chi connectivity index (χ0n) is 20.8. The van der Waals surface area contributed by atoms with Crippen LogP contribution >= 0.6 is 0 Å². The number of carbonyl (C=O) groups excluding carboxylic acids is 1. The first kappa shape index (κ1) is 27.0. The van der Waals surface area contributed by atoms with E-state index < -0.39 is 12.1 Å². The minimum Gasteiger partial charge on any atom is -0.475 e. The van der Waals surface area contributed by atoms with Gasteiger partial charge in [0.05, 0.1) is 42.9 Å². The number of hydrogen-bond acceptors (Lipinski definition) is 7. The third-order valence-corrected chi connectivity index (χ3v) is 6.53. The number of fused-ring (bicyclic) bond motifs is 2. The van der Waals surface area contributed by atoms with Crippen molar-refractivity contribution in [2.24, 2.45) is 7.05 Å². The van der Waals surface area contributed by atoms with Gasteiger partial charge in [-0.25, -0.2) is 19.7 Å². The summed E-state index contributed by atoms with van der Waals surface area (Å²) in [5, 5.41) is 10.4. The zero-order valence-corrected chi connectivity index (χ0v) is 20.8. The van der Waals surface area contributed by atoms with Gasteiger partial charge in [-0.15, -0.1) is 0 Å². The standard InChI is InChI=1S/C23H26N6O2.C2HF3O2/c1-16-3-5-17(6-4-16)21(30)29-8-7-23(13-29)14-31-12-18-9-25-22(27-20(18)23)26-11-19-10-24-15-28(19)2;3-2(4,5)1(6)7/h3-6,9-10,15H,7-8,11-14H2,1-2H3,(H,25,26,27);(H,6,7). The Morgan fingerprint density at radius 1 is 1.21 bits per heavy atom. The minimum absolute atomic E-state index is 0.0626. The molecule has 2 aromatic heterocycles. The number of hydrogen-bond donors (Lipinski definition) is 2. The smallest absolute Gasteiger partial charge is 0.475 e. The molecule has 13 heteroatoms. The fourth-order valence-corrected chi connectivity index (χ4v) is 4.44. The quantitative estimate of drug-likeness (QED) is 0.526. The molecule has 4 heterocycles. The van der Waals surface area contributed by atoms with Gasteiger partial charge in [0.1, 0.15) is 0 Å². The fraction of sp³-hybridized carbons (Fsp3) is 0.400. The maximum atomic E-state index is 13.1. The normalized spacial score (nSPS) is 18.5. The molecule has 2 N–H and O–H groups in total. The molecule has 1 saturated heterocycles. The summed E-state index contributed by atoms with van der Waals surface area (Å²) in [6, 6.07) is 7.75. The van der Waals surface area contributed by atoms with Crippen LogP contribution < -0.4 is 5.32 Å². The highest BCUT2D eigenvalue weighted by atomic mass is 19.4. The number of aryl methyl sites for hydroxylation is 2. The summed E-state index contributed by atoms with van der Waals surface area (Å²) in [6.07, 6.45) is 1.19. The van der Waals surface area contributed by atoms with E-state index in [0.29, 0.717) is 38.8 Å². The van der Waals surface area contributed by atoms with Crippen LogP contribution in [-0.4, -0.2) is 67.3 Å². The van der Waals surface area contributed by atoms with E-state index in [1.807, 2.05) is 60.1 Å². The van der Waals surface area contributed by atoms with Gasteiger partial charge < -0.3 is 24.6 Å². The van der Waals surface area contributed by atoms with E-state index in [4.69, 9.17) is 19.6 Å². The molecular weight excluding hydrogens is 505 g/mol. The molecule has 2 aliphatic rings. The van der Waals surface area contributed by atoms with Crippen LogP contribution in [0.5, 0.6) is 0 Å². The number of anilines is 1. The van der Waals surface area contributed by atoms with Crippen molar-refractivity contribution in [2.45, 2.75) is 38.1 Å². The molecule has 2 aliphatic heterocycles. The summed E-state index contributed by atoms with van der Waals surface area (Å²) in [5.41, 5.74) is 4.63. The first-order valence-corrected chi connectivity index (χ1v) is 11.8. The third-order valence-electron chi connectivity index (χ3n) is 6.53. The molecule has 1 fully saturated rings. The van der Waals surface area contributed by atoms with Gasteiger partial charge in [-0.1, -0.05) is 17.7 Å². The molecule has 3 aromatic rings. The summed E-state index contributed by atoms with van der Waals surface area (Å²) in [4.78, 5) is 37.4. The molecule has 0 radical (unpaired) electrons. The monoisotopic (exact) mass is 532 g/mol. The number of carboxylic acid groups (broad SMARTS) is 1. The van der Waals surface area contributed by atoms with Crippen LogP contribution in [0.25, 0.3) is 0 Å². The lowest BCUT2D eigenvalue weighted by atomic mass is 9.80. The highest BCUT2D eigenvalue weighted by molar-refractivity contribution is 5.94. The molecule has 0 bridgehead atoms. The number of aromatic nitrogens is 4. The maximum absolute atomic E-state index is 13.1. The van der Waals surface area contributed by atoms with Gasteiger partial charge in [-0.05, 0) is 25.5 Å². The van der Waals surface area contributed by atoms with Gasteiger partial charge in [-0.3, -0.25) is 4.79 Å². The predicted molar refractivity (Wildman–Crippen MR) is 129 cm³/mol. The van der Waals surface area contributed by atoms with Crippen molar-refractivity contribution < 1.29 is 32.6 Å². The number of likely N-dealkylation sites (tertiary alicyclic amines) is 1. The van der Waals surface area contributed by atoms with Gasteiger partial charge in [0.25, 0.3) is 5.91 Å². The topological polar surface area (TPSA) is 122 Å². The van der Waals surface area contributed by atoms with Crippen LogP contribution in [0.2, 0.25) is 0 Å². The number of halogens is 3. The number of aliphatic carboxylic acids is 1. The second kappa shape index (κ2) is 10.8. The van der Waals surface area contributed by atoms with Crippen molar-refractivity contribution in [1.29, 1.82) is 0 Å². The summed E-state index contributed by atoms with van der Waals surface area (Å²) in [7, 11) is 1.96. The molecule has 1 amide bonds. The van der Waals surface area contributed by atoms with Crippen LogP contribution in [0.3, 0.4) is 0 Å². The average Bonchev–Trinajstić information content (AvgIpc) is 3.49. The Hall–Kier alpha value is -4.00. The van der Waals surface area contributed by atoms with Crippen molar-refractivity contribution in [1.82, 2.24) is 24.4 Å². The number of benzene rings is 1. The number of imidazole rings is 1. The van der Waals surface area contributed by atoms with E-state index in [-0.39, 0.29) is 11.3 Å². The van der Waals surface area contributed by atoms with Gasteiger partial charge in [0.2, 0.25) is 5.95 Å². The summed E-state index contributed by atoms with van der Waals surface area (Å²) < 4.78 is 39.6. The van der Waals surface area contributed by atoms with E-state index in [2.05, 4.69) is 15.3 Å². The number of carbonyl (C=O) groups is 2. The van der Waals surface area contributed by atoms with Crippen molar-refractivity contribution in [3.8, 4) is 0 Å². The van der Waals surface area contributed by atoms with E-state index in [0.717, 1.165) is 34.5 Å². The Kier molecular flexibility index (Phi) is 7.67. The van der Waals surface area contributed by atoms with Gasteiger partial charge >= 0.3 is 12.1 Å². The molecule has 10 nitrogen and oxygen atoms in total. The zero-order chi connectivity index (χ0) is 27.5. The first-order chi connectivity index (χ1) is 18.0. The molecule has 0 saturated carbocycles. The van der Waals surface area contributed by atoms with E-state index in [1.165, 1.54) is 0 Å². The van der Waals surface area contributed by atoms with Gasteiger partial charge in [0.15, 0.2) is 0 Å². The molecule has 0 aliphatic carbocycles. The van der Waals surface area contributed by atoms with Crippen LogP contribution in [0.1, 0.15) is 39.3 Å². The van der Waals surface area contributed by atoms with E-state index in [1.54, 1.807) is 6.33 Å². The molecule has 38 heavy (non-hydrogen) atoms. The Bertz CT molecular complexity index is 1310. The minimum atomic E-state index is -5.08. The van der Waals surface area contributed by atoms with Crippen molar-refractivity contribution in [2.75, 3.05) is 25.0 Å². The predicted octanol–water partition coefficient (Wildman–Crippen LogP) is 3.08. The molecular formula is C25H27F3N6O4. The average molecular weight is 533 g/mol. The number of nitrogens with one attached hydrogen (secondary N) is 1. The Morgan fingerprint density at radius 2 is 1.92 bits per heavy atom. The van der Waals surface area contributed by atoms with Gasteiger partial charge in [0, 0.05) is 43.7 Å². The highest BCUT2D eigenvalue weighted by Gasteiger charge is 2.46. The molecule has 1 aromatic carbocycles. The van der Waals surface area contributed by atoms with Crippen LogP contribution in [0.4, 0.5) is 19.1 Å². The van der Waals surface area contributed by atoms with Crippen LogP contribution in [0.15, 0.2) is 43.0 Å². The van der Waals surface area contributed by atoms with E-state index in [9.17, 15) is 18.0 Å². The van der Waals surface area contributed by atoms with Crippen LogP contribution in [0, 0.1) is 6.92 Å². The SMILES string of the molecule is Cc1ccc(C(=O)N2CCC3(COCc4cnc(NCc5cncn5C)nc43)C2)cc1.O=C(O)C(F)(F)F.